The third kappa shape index (κ3) is 6.85. The quantitative estimate of drug-likeness (QED) is 0.672. The molecule has 0 aromatic heterocycles. The van der Waals surface area contributed by atoms with Gasteiger partial charge in [-0.3, -0.25) is 4.79 Å². The molecular weight excluding hydrogens is 290 g/mol. The monoisotopic (exact) mass is 319 g/mol. The Labute approximate surface area is 139 Å². The number of esters is 1. The number of hydrogen-bond acceptors (Lipinski definition) is 3. The van der Waals surface area contributed by atoms with Gasteiger partial charge >= 0.3 is 5.97 Å². The lowest BCUT2D eigenvalue weighted by atomic mass is 9.96. The third-order valence-electron chi connectivity index (χ3n) is 3.82. The summed E-state index contributed by atoms with van der Waals surface area (Å²) in [4.78, 5) is 24.7. The van der Waals surface area contributed by atoms with E-state index in [0.717, 1.165) is 31.2 Å². The predicted octanol–water partition coefficient (Wildman–Crippen LogP) is 3.49. The van der Waals surface area contributed by atoms with Gasteiger partial charge in [0.1, 0.15) is 6.04 Å². The summed E-state index contributed by atoms with van der Waals surface area (Å²) >= 11 is 0. The van der Waals surface area contributed by atoms with Crippen molar-refractivity contribution in [2.45, 2.75) is 58.9 Å². The van der Waals surface area contributed by atoms with E-state index >= 15 is 0 Å². The van der Waals surface area contributed by atoms with E-state index in [1.54, 1.807) is 6.92 Å². The Morgan fingerprint density at radius 3 is 2.17 bits per heavy atom. The molecule has 1 atom stereocenters. The molecule has 1 N–H and O–H groups in total. The highest BCUT2D eigenvalue weighted by atomic mass is 16.5. The van der Waals surface area contributed by atoms with Crippen molar-refractivity contribution in [1.82, 2.24) is 5.32 Å². The summed E-state index contributed by atoms with van der Waals surface area (Å²) < 4.78 is 5.12. The van der Waals surface area contributed by atoms with Gasteiger partial charge in [0, 0.05) is 12.3 Å². The predicted molar refractivity (Wildman–Crippen MR) is 92.0 cm³/mol. The average molecular weight is 319 g/mol. The molecule has 4 heteroatoms. The normalized spacial score (nSPS) is 12.0. The summed E-state index contributed by atoms with van der Waals surface area (Å²) in [5.41, 5.74) is 1.01. The molecule has 1 rings (SSSR count). The maximum Gasteiger partial charge on any atom is 0.328 e. The summed E-state index contributed by atoms with van der Waals surface area (Å²) in [7, 11) is 0. The molecule has 0 aliphatic rings. The topological polar surface area (TPSA) is 55.4 Å². The average Bonchev–Trinajstić information content (AvgIpc) is 2.55. The van der Waals surface area contributed by atoms with Crippen LogP contribution in [0.3, 0.4) is 0 Å². The minimum atomic E-state index is -0.624. The van der Waals surface area contributed by atoms with Gasteiger partial charge < -0.3 is 10.1 Å². The molecule has 4 nitrogen and oxygen atoms in total. The first-order chi connectivity index (χ1) is 11.1. The van der Waals surface area contributed by atoms with Crippen LogP contribution in [0.15, 0.2) is 30.3 Å². The van der Waals surface area contributed by atoms with E-state index in [-0.39, 0.29) is 17.8 Å². The van der Waals surface area contributed by atoms with Gasteiger partial charge in [-0.25, -0.2) is 4.79 Å². The fraction of sp³-hybridized carbons (Fsp3) is 0.579. The minimum absolute atomic E-state index is 0.0299. The van der Waals surface area contributed by atoms with Crippen molar-refractivity contribution >= 4 is 11.9 Å². The van der Waals surface area contributed by atoms with E-state index in [2.05, 4.69) is 19.2 Å². The molecule has 0 radical (unpaired) electrons. The lowest BCUT2D eigenvalue weighted by molar-refractivity contribution is -0.147. The van der Waals surface area contributed by atoms with E-state index in [1.807, 2.05) is 30.3 Å². The molecule has 1 aromatic carbocycles. The van der Waals surface area contributed by atoms with Crippen LogP contribution in [0.5, 0.6) is 0 Å². The third-order valence-corrected chi connectivity index (χ3v) is 3.82. The molecule has 23 heavy (non-hydrogen) atoms. The van der Waals surface area contributed by atoms with Crippen LogP contribution in [0.4, 0.5) is 0 Å². The summed E-state index contributed by atoms with van der Waals surface area (Å²) in [6, 6.07) is 9.07. The molecule has 0 saturated heterocycles. The zero-order valence-electron chi connectivity index (χ0n) is 14.5. The van der Waals surface area contributed by atoms with Gasteiger partial charge in [-0.15, -0.1) is 0 Å². The Kier molecular flexibility index (Phi) is 9.03. The highest BCUT2D eigenvalue weighted by Gasteiger charge is 2.26. The summed E-state index contributed by atoms with van der Waals surface area (Å²) in [5, 5.41) is 2.91. The second-order valence-corrected chi connectivity index (χ2v) is 5.78. The van der Waals surface area contributed by atoms with E-state index in [4.69, 9.17) is 4.74 Å². The van der Waals surface area contributed by atoms with Crippen LogP contribution in [0.1, 0.15) is 52.0 Å². The van der Waals surface area contributed by atoms with Crippen LogP contribution in [-0.2, 0) is 20.7 Å². The summed E-state index contributed by atoms with van der Waals surface area (Å²) in [6.45, 7) is 6.23. The lowest BCUT2D eigenvalue weighted by Crippen LogP contribution is -2.45. The Morgan fingerprint density at radius 1 is 1.04 bits per heavy atom. The van der Waals surface area contributed by atoms with Crippen LogP contribution in [0.25, 0.3) is 0 Å². The summed E-state index contributed by atoms with van der Waals surface area (Å²) in [5.74, 6) is -0.433. The smallest absolute Gasteiger partial charge is 0.328 e. The number of nitrogens with one attached hydrogen (secondary N) is 1. The van der Waals surface area contributed by atoms with Gasteiger partial charge in [0.15, 0.2) is 0 Å². The molecule has 0 bridgehead atoms. The minimum Gasteiger partial charge on any atom is -0.464 e. The Morgan fingerprint density at radius 2 is 1.65 bits per heavy atom. The highest BCUT2D eigenvalue weighted by molar-refractivity contribution is 5.86. The van der Waals surface area contributed by atoms with E-state index in [0.29, 0.717) is 13.0 Å². The first kappa shape index (κ1) is 19.2. The van der Waals surface area contributed by atoms with Gasteiger partial charge in [0.2, 0.25) is 5.91 Å². The zero-order valence-corrected chi connectivity index (χ0v) is 14.5. The fourth-order valence-electron chi connectivity index (χ4n) is 2.68. The molecule has 0 aliphatic carbocycles. The van der Waals surface area contributed by atoms with Crippen LogP contribution in [0.2, 0.25) is 0 Å². The van der Waals surface area contributed by atoms with Crippen molar-refractivity contribution in [1.29, 1.82) is 0 Å². The first-order valence-corrected chi connectivity index (χ1v) is 8.63. The van der Waals surface area contributed by atoms with Crippen LogP contribution in [-0.4, -0.2) is 24.5 Å². The van der Waals surface area contributed by atoms with Crippen LogP contribution < -0.4 is 5.32 Å². The molecule has 1 aromatic rings. The molecule has 0 aliphatic heterocycles. The van der Waals surface area contributed by atoms with Gasteiger partial charge in [0.05, 0.1) is 6.61 Å². The van der Waals surface area contributed by atoms with Crippen molar-refractivity contribution in [3.8, 4) is 0 Å². The van der Waals surface area contributed by atoms with Crippen molar-refractivity contribution in [3.05, 3.63) is 35.9 Å². The number of ether oxygens (including phenoxy) is 1. The molecule has 0 unspecified atom stereocenters. The van der Waals surface area contributed by atoms with Gasteiger partial charge in [0.25, 0.3) is 0 Å². The second kappa shape index (κ2) is 10.8. The van der Waals surface area contributed by atoms with E-state index in [9.17, 15) is 9.59 Å². The van der Waals surface area contributed by atoms with Crippen molar-refractivity contribution in [2.24, 2.45) is 5.92 Å². The van der Waals surface area contributed by atoms with Gasteiger partial charge in [-0.2, -0.15) is 0 Å². The number of benzene rings is 1. The Balaban J connectivity index is 2.78. The van der Waals surface area contributed by atoms with Crippen LogP contribution in [0, 0.1) is 5.92 Å². The van der Waals surface area contributed by atoms with Gasteiger partial charge in [-0.1, -0.05) is 57.0 Å². The first-order valence-electron chi connectivity index (χ1n) is 8.63. The highest BCUT2D eigenvalue weighted by Crippen LogP contribution is 2.15. The molecule has 0 fully saturated rings. The number of hydrogen-bond donors (Lipinski definition) is 1. The van der Waals surface area contributed by atoms with E-state index in [1.165, 1.54) is 0 Å². The fourth-order valence-corrected chi connectivity index (χ4v) is 2.68. The Bertz CT molecular complexity index is 467. The largest absolute Gasteiger partial charge is 0.464 e. The maximum atomic E-state index is 12.5. The van der Waals surface area contributed by atoms with Crippen molar-refractivity contribution in [2.75, 3.05) is 6.61 Å². The standard InChI is InChI=1S/C19H29NO3/c1-4-10-16(11-5-2)18(21)20-17(19(22)23-6-3)14-15-12-8-7-9-13-15/h7-9,12-13,16-17H,4-6,10-11,14H2,1-3H3,(H,20,21)/t17-/m0/s1. The molecule has 128 valence electrons. The lowest BCUT2D eigenvalue weighted by Gasteiger charge is -2.21. The van der Waals surface area contributed by atoms with Crippen molar-refractivity contribution < 1.29 is 14.3 Å². The summed E-state index contributed by atoms with van der Waals surface area (Å²) in [6.07, 6.45) is 4.07. The van der Waals surface area contributed by atoms with Crippen LogP contribution >= 0.6 is 0 Å². The zero-order chi connectivity index (χ0) is 17.1. The Hall–Kier alpha value is -1.84. The number of rotatable bonds is 10. The van der Waals surface area contributed by atoms with Gasteiger partial charge in [-0.05, 0) is 25.3 Å². The van der Waals surface area contributed by atoms with E-state index < -0.39 is 6.04 Å². The number of carbonyl (C=O) groups excluding carboxylic acids is 2. The molecule has 1 amide bonds. The maximum absolute atomic E-state index is 12.5. The number of amides is 1. The molecule has 0 saturated carbocycles. The molecule has 0 spiro atoms. The molecular formula is C19H29NO3. The number of carbonyl (C=O) groups is 2. The molecule has 0 heterocycles. The van der Waals surface area contributed by atoms with Crippen molar-refractivity contribution in [3.63, 3.8) is 0 Å². The second-order valence-electron chi connectivity index (χ2n) is 5.78. The SMILES string of the molecule is CCCC(CCC)C(=O)N[C@@H](Cc1ccccc1)C(=O)OCC.